The number of esters is 1. The molecule has 1 heterocycles. The molecule has 0 saturated heterocycles. The maximum atomic E-state index is 13.1. The molecule has 0 aliphatic carbocycles. The summed E-state index contributed by atoms with van der Waals surface area (Å²) < 4.78 is 45.4. The summed E-state index contributed by atoms with van der Waals surface area (Å²) in [6.07, 6.45) is 0.453. The molecule has 1 aromatic rings. The zero-order chi connectivity index (χ0) is 15.6. The van der Waals surface area contributed by atoms with Gasteiger partial charge in [0.2, 0.25) is 0 Å². The molecule has 114 valence electrons. The van der Waals surface area contributed by atoms with Gasteiger partial charge in [-0.05, 0) is 24.6 Å². The number of benzene rings is 1. The van der Waals surface area contributed by atoms with Crippen LogP contribution in [0.5, 0.6) is 0 Å². The third kappa shape index (κ3) is 3.35. The number of methoxy groups -OCH3 is 1. The molecule has 9 heteroatoms. The van der Waals surface area contributed by atoms with Crippen molar-refractivity contribution in [2.45, 2.75) is 23.5 Å². The number of sulfonamides is 1. The Morgan fingerprint density at radius 3 is 2.86 bits per heavy atom. The maximum absolute atomic E-state index is 13.1. The molecular formula is C12H13FN2O4S2. The smallest absolute Gasteiger partial charge is 0.319 e. The van der Waals surface area contributed by atoms with Crippen LogP contribution in [0.25, 0.3) is 0 Å². The Bertz CT molecular complexity index is 703. The molecule has 1 atom stereocenters. The summed E-state index contributed by atoms with van der Waals surface area (Å²) in [5, 5.41) is 2.27. The summed E-state index contributed by atoms with van der Waals surface area (Å²) in [5.74, 6) is -1.12. The van der Waals surface area contributed by atoms with Crippen molar-refractivity contribution in [3.63, 3.8) is 0 Å². The summed E-state index contributed by atoms with van der Waals surface area (Å²) in [6.45, 7) is 1.77. The summed E-state index contributed by atoms with van der Waals surface area (Å²) >= 11 is 0.960. The summed E-state index contributed by atoms with van der Waals surface area (Å²) in [5.41, 5.74) is 0.230. The van der Waals surface area contributed by atoms with E-state index in [1.54, 1.807) is 6.92 Å². The summed E-state index contributed by atoms with van der Waals surface area (Å²) in [6, 6.07) is 3.36. The number of anilines is 1. The Hall–Kier alpha value is -1.61. The molecule has 0 bridgehead atoms. The molecule has 0 aromatic heterocycles. The zero-order valence-electron chi connectivity index (χ0n) is 11.3. The molecular weight excluding hydrogens is 319 g/mol. The zero-order valence-corrected chi connectivity index (χ0v) is 12.9. The van der Waals surface area contributed by atoms with E-state index in [4.69, 9.17) is 0 Å². The highest BCUT2D eigenvalue weighted by Gasteiger charge is 2.29. The van der Waals surface area contributed by atoms with Crippen molar-refractivity contribution in [3.05, 3.63) is 24.0 Å². The number of nitrogens with zero attached hydrogens (tertiary/aromatic N) is 1. The van der Waals surface area contributed by atoms with Crippen LogP contribution in [0, 0.1) is 5.82 Å². The number of thioether (sulfide) groups is 1. The second-order valence-electron chi connectivity index (χ2n) is 4.17. The SMILES string of the molecule is CCC(SC1=NS(=O)(=O)c2cc(F)ccc2N1)C(=O)OC. The van der Waals surface area contributed by atoms with Gasteiger partial charge in [0.1, 0.15) is 16.0 Å². The van der Waals surface area contributed by atoms with Crippen LogP contribution in [0.4, 0.5) is 10.1 Å². The molecule has 1 aliphatic rings. The van der Waals surface area contributed by atoms with Crippen molar-refractivity contribution in [2.24, 2.45) is 4.40 Å². The second-order valence-corrected chi connectivity index (χ2v) is 6.94. The summed E-state index contributed by atoms with van der Waals surface area (Å²) in [7, 11) is -2.73. The molecule has 0 fully saturated rings. The first-order valence-corrected chi connectivity index (χ1v) is 8.35. The van der Waals surface area contributed by atoms with Gasteiger partial charge in [0.15, 0.2) is 5.17 Å². The molecule has 0 spiro atoms. The van der Waals surface area contributed by atoms with Crippen molar-refractivity contribution in [1.82, 2.24) is 0 Å². The van der Waals surface area contributed by atoms with Crippen molar-refractivity contribution in [2.75, 3.05) is 12.4 Å². The van der Waals surface area contributed by atoms with Gasteiger partial charge in [0.25, 0.3) is 10.0 Å². The van der Waals surface area contributed by atoms with Crippen LogP contribution < -0.4 is 5.32 Å². The number of carbonyl (C=O) groups is 1. The molecule has 0 saturated carbocycles. The lowest BCUT2D eigenvalue weighted by Crippen LogP contribution is -2.25. The number of nitrogens with one attached hydrogen (secondary N) is 1. The Labute approximate surface area is 125 Å². The Balaban J connectivity index is 2.32. The van der Waals surface area contributed by atoms with Crippen molar-refractivity contribution in [3.8, 4) is 0 Å². The third-order valence-corrected chi connectivity index (χ3v) is 5.41. The Morgan fingerprint density at radius 1 is 1.52 bits per heavy atom. The van der Waals surface area contributed by atoms with Crippen LogP contribution in [0.15, 0.2) is 27.5 Å². The van der Waals surface area contributed by atoms with Gasteiger partial charge in [-0.1, -0.05) is 18.7 Å². The predicted molar refractivity (Wildman–Crippen MR) is 78.3 cm³/mol. The first-order valence-electron chi connectivity index (χ1n) is 6.03. The highest BCUT2D eigenvalue weighted by atomic mass is 32.2. The molecule has 1 unspecified atom stereocenters. The third-order valence-electron chi connectivity index (χ3n) is 2.76. The molecule has 2 rings (SSSR count). The lowest BCUT2D eigenvalue weighted by molar-refractivity contribution is -0.139. The maximum Gasteiger partial charge on any atom is 0.319 e. The van der Waals surface area contributed by atoms with Gasteiger partial charge in [-0.25, -0.2) is 4.39 Å². The number of carbonyl (C=O) groups excluding carboxylic acids is 1. The average Bonchev–Trinajstić information content (AvgIpc) is 2.44. The van der Waals surface area contributed by atoms with E-state index in [1.165, 1.54) is 13.2 Å². The Morgan fingerprint density at radius 2 is 2.24 bits per heavy atom. The fourth-order valence-electron chi connectivity index (χ4n) is 1.72. The van der Waals surface area contributed by atoms with Crippen molar-refractivity contribution < 1.29 is 22.3 Å². The highest BCUT2D eigenvalue weighted by Crippen LogP contribution is 2.31. The van der Waals surface area contributed by atoms with E-state index in [2.05, 4.69) is 14.5 Å². The highest BCUT2D eigenvalue weighted by molar-refractivity contribution is 8.15. The lowest BCUT2D eigenvalue weighted by atomic mass is 10.3. The van der Waals surface area contributed by atoms with E-state index in [0.717, 1.165) is 23.9 Å². The monoisotopic (exact) mass is 332 g/mol. The molecule has 1 aliphatic heterocycles. The van der Waals surface area contributed by atoms with E-state index < -0.39 is 27.1 Å². The molecule has 1 N–H and O–H groups in total. The minimum absolute atomic E-state index is 0.0614. The van der Waals surface area contributed by atoms with Crippen molar-refractivity contribution >= 4 is 38.6 Å². The first kappa shape index (κ1) is 15.8. The van der Waals surface area contributed by atoms with Crippen LogP contribution in [0.3, 0.4) is 0 Å². The van der Waals surface area contributed by atoms with Crippen LogP contribution in [0.2, 0.25) is 0 Å². The predicted octanol–water partition coefficient (Wildman–Crippen LogP) is 1.98. The topological polar surface area (TPSA) is 84.8 Å². The van der Waals surface area contributed by atoms with Gasteiger partial charge in [-0.2, -0.15) is 8.42 Å². The number of rotatable bonds is 3. The average molecular weight is 332 g/mol. The standard InChI is InChI=1S/C12H13FN2O4S2/c1-3-9(11(16)19-2)20-12-14-8-5-4-7(13)6-10(8)21(17,18)15-12/h4-6,9H,3H2,1-2H3,(H,14,15). The van der Waals surface area contributed by atoms with E-state index in [1.807, 2.05) is 0 Å². The molecule has 1 aromatic carbocycles. The van der Waals surface area contributed by atoms with Crippen molar-refractivity contribution in [1.29, 1.82) is 0 Å². The second kappa shape index (κ2) is 6.02. The van der Waals surface area contributed by atoms with E-state index >= 15 is 0 Å². The fourth-order valence-corrected chi connectivity index (χ4v) is 4.01. The normalized spacial score (nSPS) is 17.2. The number of halogens is 1. The lowest BCUT2D eigenvalue weighted by Gasteiger charge is -2.20. The van der Waals surface area contributed by atoms with Gasteiger partial charge < -0.3 is 10.1 Å². The number of hydrogen-bond acceptors (Lipinski definition) is 6. The van der Waals surface area contributed by atoms with E-state index in [9.17, 15) is 17.6 Å². The minimum Gasteiger partial charge on any atom is -0.468 e. The van der Waals surface area contributed by atoms with E-state index in [0.29, 0.717) is 6.42 Å². The number of hydrogen-bond donors (Lipinski definition) is 1. The van der Waals surface area contributed by atoms with Crippen LogP contribution in [-0.4, -0.2) is 31.9 Å². The Kier molecular flexibility index (Phi) is 4.52. The molecule has 21 heavy (non-hydrogen) atoms. The molecule has 6 nitrogen and oxygen atoms in total. The van der Waals surface area contributed by atoms with E-state index in [-0.39, 0.29) is 15.8 Å². The van der Waals surface area contributed by atoms with Gasteiger partial charge in [0.05, 0.1) is 12.8 Å². The van der Waals surface area contributed by atoms with Gasteiger partial charge in [-0.3, -0.25) is 4.79 Å². The van der Waals surface area contributed by atoms with Crippen LogP contribution in [-0.2, 0) is 19.6 Å². The largest absolute Gasteiger partial charge is 0.468 e. The van der Waals surface area contributed by atoms with Crippen LogP contribution in [0.1, 0.15) is 13.3 Å². The fraction of sp³-hybridized carbons (Fsp3) is 0.333. The number of ether oxygens (including phenoxy) is 1. The summed E-state index contributed by atoms with van der Waals surface area (Å²) in [4.78, 5) is 11.3. The number of fused-ring (bicyclic) bond motifs is 1. The van der Waals surface area contributed by atoms with Crippen LogP contribution >= 0.6 is 11.8 Å². The molecule has 0 radical (unpaired) electrons. The molecule has 0 amide bonds. The quantitative estimate of drug-likeness (QED) is 0.852. The van der Waals surface area contributed by atoms with Gasteiger partial charge in [-0.15, -0.1) is 4.40 Å². The number of amidine groups is 1. The minimum atomic E-state index is -3.99. The van der Waals surface area contributed by atoms with Gasteiger partial charge in [0, 0.05) is 0 Å². The van der Waals surface area contributed by atoms with Gasteiger partial charge >= 0.3 is 5.97 Å². The first-order chi connectivity index (χ1) is 9.87.